The first kappa shape index (κ1) is 24.0. The van der Waals surface area contributed by atoms with Gasteiger partial charge in [-0.15, -0.1) is 0 Å². The third kappa shape index (κ3) is 11.6. The summed E-state index contributed by atoms with van der Waals surface area (Å²) in [6.07, 6.45) is 4.25. The van der Waals surface area contributed by atoms with Gasteiger partial charge >= 0.3 is 6.09 Å². The van der Waals surface area contributed by atoms with Crippen molar-refractivity contribution in [1.82, 2.24) is 4.90 Å². The molecule has 0 heterocycles. The first-order valence-corrected chi connectivity index (χ1v) is 9.04. The Bertz CT molecular complexity index is 572. The van der Waals surface area contributed by atoms with Gasteiger partial charge in [-0.2, -0.15) is 0 Å². The molecule has 5 heteroatoms. The van der Waals surface area contributed by atoms with Crippen LogP contribution in [0.15, 0.2) is 12.4 Å². The smallest absolute Gasteiger partial charge is 0.410 e. The number of ether oxygens (including phenoxy) is 1. The number of unbranched alkanes of at least 4 members (excludes halogenated alkanes) is 2. The molecule has 0 radical (unpaired) electrons. The number of nitrogens with zero attached hydrogens (tertiary/aromatic N) is 1. The van der Waals surface area contributed by atoms with E-state index in [1.54, 1.807) is 11.8 Å². The topological polar surface area (TPSA) is 49.8 Å². The lowest BCUT2D eigenvalue weighted by atomic mass is 9.90. The van der Waals surface area contributed by atoms with E-state index in [2.05, 4.69) is 23.7 Å². The Balaban J connectivity index is 5.29. The van der Waals surface area contributed by atoms with Crippen LogP contribution < -0.4 is 0 Å². The Morgan fingerprint density at radius 1 is 1.23 bits per heavy atom. The summed E-state index contributed by atoms with van der Waals surface area (Å²) in [5.41, 5.74) is -1.47. The van der Waals surface area contributed by atoms with Crippen LogP contribution in [-0.4, -0.2) is 41.4 Å². The minimum Gasteiger partial charge on any atom is -0.444 e. The molecule has 26 heavy (non-hydrogen) atoms. The van der Waals surface area contributed by atoms with Crippen LogP contribution in [0.5, 0.6) is 0 Å². The van der Waals surface area contributed by atoms with Gasteiger partial charge in [-0.3, -0.25) is 0 Å². The molecule has 0 aromatic heterocycles. The molecule has 1 amide bonds. The zero-order valence-electron chi connectivity index (χ0n) is 16.7. The van der Waals surface area contributed by atoms with Crippen LogP contribution in [0.1, 0.15) is 60.3 Å². The molecule has 1 atom stereocenters. The molecule has 0 fully saturated rings. The van der Waals surface area contributed by atoms with Crippen molar-refractivity contribution in [2.45, 2.75) is 65.9 Å². The minimum absolute atomic E-state index is 0.0900. The third-order valence-corrected chi connectivity index (χ3v) is 3.34. The third-order valence-electron chi connectivity index (χ3n) is 3.34. The molecular formula is C21H32FNO3. The highest BCUT2D eigenvalue weighted by molar-refractivity contribution is 5.68. The van der Waals surface area contributed by atoms with E-state index in [1.165, 1.54) is 6.08 Å². The number of rotatable bonds is 8. The summed E-state index contributed by atoms with van der Waals surface area (Å²) in [5, 5.41) is 8.72. The molecule has 146 valence electrons. The standard InChI is InChI=1S/C21H32FNO3/c1-6-7-16-23(19(25)26-20(2,3)4)18-21(5,14-15-22)13-11-9-8-10-12-17-24/h14-15,24H,6-7,10,12,16-18H2,1-5H3/b15-14+. The quantitative estimate of drug-likeness (QED) is 0.516. The molecule has 1 unspecified atom stereocenters. The number of halogens is 1. The van der Waals surface area contributed by atoms with Crippen LogP contribution in [0, 0.1) is 29.1 Å². The predicted octanol–water partition coefficient (Wildman–Crippen LogP) is 4.29. The van der Waals surface area contributed by atoms with Crippen molar-refractivity contribution in [1.29, 1.82) is 0 Å². The second kappa shape index (κ2) is 12.4. The fourth-order valence-corrected chi connectivity index (χ4v) is 2.03. The maximum absolute atomic E-state index is 12.9. The molecular weight excluding hydrogens is 333 g/mol. The van der Waals surface area contributed by atoms with Gasteiger partial charge in [0.25, 0.3) is 0 Å². The van der Waals surface area contributed by atoms with E-state index in [1.807, 2.05) is 27.7 Å². The average molecular weight is 365 g/mol. The van der Waals surface area contributed by atoms with Crippen LogP contribution in [0.4, 0.5) is 9.18 Å². The normalized spacial score (nSPS) is 13.2. The van der Waals surface area contributed by atoms with Crippen LogP contribution in [0.2, 0.25) is 0 Å². The molecule has 1 N–H and O–H groups in total. The molecule has 0 saturated heterocycles. The molecule has 0 rings (SSSR count). The van der Waals surface area contributed by atoms with Gasteiger partial charge in [0.15, 0.2) is 0 Å². The summed E-state index contributed by atoms with van der Waals surface area (Å²) in [6.45, 7) is 10.1. The molecule has 0 aliphatic rings. The van der Waals surface area contributed by atoms with Gasteiger partial charge in [0.2, 0.25) is 0 Å². The summed E-state index contributed by atoms with van der Waals surface area (Å²) >= 11 is 0. The SMILES string of the molecule is CCCCN(CC(C)(C#CC#CCCCO)/C=C/F)C(=O)OC(C)(C)C. The number of aliphatic hydroxyl groups excluding tert-OH is 1. The summed E-state index contributed by atoms with van der Waals surface area (Å²) in [5.74, 6) is 11.2. The second-order valence-corrected chi connectivity index (χ2v) is 7.34. The zero-order chi connectivity index (χ0) is 20.1. The lowest BCUT2D eigenvalue weighted by Gasteiger charge is -2.31. The number of aliphatic hydroxyl groups is 1. The number of carbonyl (C=O) groups excluding carboxylic acids is 1. The molecule has 0 aromatic carbocycles. The van der Waals surface area contributed by atoms with Gasteiger partial charge in [0.05, 0.1) is 11.7 Å². The molecule has 0 aromatic rings. The van der Waals surface area contributed by atoms with E-state index in [0.29, 0.717) is 25.7 Å². The Labute approximate surface area is 157 Å². The van der Waals surface area contributed by atoms with Crippen molar-refractivity contribution in [3.63, 3.8) is 0 Å². The summed E-state index contributed by atoms with van der Waals surface area (Å²) < 4.78 is 18.4. The van der Waals surface area contributed by atoms with E-state index in [0.717, 1.165) is 12.8 Å². The Morgan fingerprint density at radius 2 is 1.92 bits per heavy atom. The number of carbonyl (C=O) groups is 1. The van der Waals surface area contributed by atoms with Gasteiger partial charge in [-0.05, 0) is 58.5 Å². The van der Waals surface area contributed by atoms with Gasteiger partial charge < -0.3 is 14.7 Å². The van der Waals surface area contributed by atoms with Crippen molar-refractivity contribution < 1.29 is 19.0 Å². The van der Waals surface area contributed by atoms with Gasteiger partial charge in [0.1, 0.15) is 5.60 Å². The molecule has 0 aliphatic heterocycles. The van der Waals surface area contributed by atoms with Crippen molar-refractivity contribution in [3.05, 3.63) is 12.4 Å². The zero-order valence-corrected chi connectivity index (χ0v) is 16.7. The monoisotopic (exact) mass is 365 g/mol. The van der Waals surface area contributed by atoms with E-state index in [4.69, 9.17) is 9.84 Å². The van der Waals surface area contributed by atoms with Crippen LogP contribution in [0.25, 0.3) is 0 Å². The van der Waals surface area contributed by atoms with E-state index in [-0.39, 0.29) is 13.2 Å². The van der Waals surface area contributed by atoms with Crippen molar-refractivity contribution in [3.8, 4) is 23.7 Å². The summed E-state index contributed by atoms with van der Waals surface area (Å²) in [6, 6.07) is 0. The number of hydrogen-bond donors (Lipinski definition) is 1. The number of amides is 1. The maximum Gasteiger partial charge on any atom is 0.410 e. The summed E-state index contributed by atoms with van der Waals surface area (Å²) in [7, 11) is 0. The van der Waals surface area contributed by atoms with Crippen LogP contribution in [0.3, 0.4) is 0 Å². The Kier molecular flexibility index (Phi) is 11.4. The van der Waals surface area contributed by atoms with Crippen molar-refractivity contribution >= 4 is 6.09 Å². The lowest BCUT2D eigenvalue weighted by molar-refractivity contribution is 0.0213. The highest BCUT2D eigenvalue weighted by Crippen LogP contribution is 2.21. The second-order valence-electron chi connectivity index (χ2n) is 7.34. The fraction of sp³-hybridized carbons (Fsp3) is 0.667. The number of hydrogen-bond acceptors (Lipinski definition) is 3. The van der Waals surface area contributed by atoms with E-state index < -0.39 is 17.1 Å². The van der Waals surface area contributed by atoms with Crippen molar-refractivity contribution in [2.75, 3.05) is 19.7 Å². The lowest BCUT2D eigenvalue weighted by Crippen LogP contribution is -2.42. The Morgan fingerprint density at radius 3 is 2.46 bits per heavy atom. The predicted molar refractivity (Wildman–Crippen MR) is 103 cm³/mol. The first-order valence-electron chi connectivity index (χ1n) is 9.04. The Hall–Kier alpha value is -1.98. The maximum atomic E-state index is 12.9. The van der Waals surface area contributed by atoms with Gasteiger partial charge in [-0.25, -0.2) is 9.18 Å². The van der Waals surface area contributed by atoms with Gasteiger partial charge in [-0.1, -0.05) is 25.2 Å². The fourth-order valence-electron chi connectivity index (χ4n) is 2.03. The molecule has 0 bridgehead atoms. The average Bonchev–Trinajstić information content (AvgIpc) is 2.53. The minimum atomic E-state index is -0.870. The largest absolute Gasteiger partial charge is 0.444 e. The first-order chi connectivity index (χ1) is 12.2. The van der Waals surface area contributed by atoms with Crippen LogP contribution in [-0.2, 0) is 4.74 Å². The molecule has 4 nitrogen and oxygen atoms in total. The highest BCUT2D eigenvalue weighted by Gasteiger charge is 2.28. The molecule has 0 spiro atoms. The van der Waals surface area contributed by atoms with Crippen molar-refractivity contribution in [2.24, 2.45) is 5.41 Å². The van der Waals surface area contributed by atoms with Crippen LogP contribution >= 0.6 is 0 Å². The molecule has 0 saturated carbocycles. The highest BCUT2D eigenvalue weighted by atomic mass is 19.1. The molecule has 0 aliphatic carbocycles. The van der Waals surface area contributed by atoms with Gasteiger partial charge in [0, 0.05) is 26.1 Å². The van der Waals surface area contributed by atoms with E-state index >= 15 is 0 Å². The summed E-state index contributed by atoms with van der Waals surface area (Å²) in [4.78, 5) is 14.1. The van der Waals surface area contributed by atoms with E-state index in [9.17, 15) is 9.18 Å².